The standard InChI is InChI=1S/C16H16N2O6S/c1-11(12-5-6-15-16(9-12)24-8-7-23-15)17-25(21,22)14-4-2-3-13(10-14)18(19)20/h2-6,9-11,17H,7-8H2,1H3. The first-order valence-electron chi connectivity index (χ1n) is 7.53. The van der Waals surface area contributed by atoms with Crippen LogP contribution in [0.3, 0.4) is 0 Å². The van der Waals surface area contributed by atoms with Crippen molar-refractivity contribution in [1.29, 1.82) is 0 Å². The Kier molecular flexibility index (Phi) is 4.60. The minimum atomic E-state index is -3.91. The maximum absolute atomic E-state index is 12.5. The smallest absolute Gasteiger partial charge is 0.270 e. The predicted molar refractivity (Wildman–Crippen MR) is 89.3 cm³/mol. The van der Waals surface area contributed by atoms with Crippen LogP contribution in [-0.2, 0) is 10.0 Å². The lowest BCUT2D eigenvalue weighted by Gasteiger charge is -2.21. The van der Waals surface area contributed by atoms with Gasteiger partial charge in [-0.15, -0.1) is 0 Å². The Morgan fingerprint density at radius 3 is 2.56 bits per heavy atom. The first-order valence-corrected chi connectivity index (χ1v) is 9.01. The van der Waals surface area contributed by atoms with Crippen LogP contribution >= 0.6 is 0 Å². The number of nitrogens with one attached hydrogen (secondary N) is 1. The zero-order valence-electron chi connectivity index (χ0n) is 13.3. The number of rotatable bonds is 5. The first-order chi connectivity index (χ1) is 11.9. The molecule has 9 heteroatoms. The quantitative estimate of drug-likeness (QED) is 0.645. The third-order valence-corrected chi connectivity index (χ3v) is 5.28. The topological polar surface area (TPSA) is 108 Å². The van der Waals surface area contributed by atoms with Gasteiger partial charge in [0.1, 0.15) is 13.2 Å². The van der Waals surface area contributed by atoms with Crippen LogP contribution in [0.5, 0.6) is 11.5 Å². The molecule has 2 aromatic rings. The average Bonchev–Trinajstić information content (AvgIpc) is 2.61. The molecule has 132 valence electrons. The van der Waals surface area contributed by atoms with E-state index >= 15 is 0 Å². The highest BCUT2D eigenvalue weighted by atomic mass is 32.2. The molecule has 1 atom stereocenters. The van der Waals surface area contributed by atoms with Crippen LogP contribution < -0.4 is 14.2 Å². The molecule has 0 radical (unpaired) electrons. The summed E-state index contributed by atoms with van der Waals surface area (Å²) >= 11 is 0. The summed E-state index contributed by atoms with van der Waals surface area (Å²) in [6.45, 7) is 2.59. The van der Waals surface area contributed by atoms with Crippen LogP contribution in [0.4, 0.5) is 5.69 Å². The van der Waals surface area contributed by atoms with Crippen molar-refractivity contribution in [2.75, 3.05) is 13.2 Å². The van der Waals surface area contributed by atoms with Crippen molar-refractivity contribution in [1.82, 2.24) is 4.72 Å². The Balaban J connectivity index is 1.83. The molecule has 8 nitrogen and oxygen atoms in total. The molecule has 0 aromatic heterocycles. The van der Waals surface area contributed by atoms with E-state index in [4.69, 9.17) is 9.47 Å². The summed E-state index contributed by atoms with van der Waals surface area (Å²) in [7, 11) is -3.91. The number of fused-ring (bicyclic) bond motifs is 1. The predicted octanol–water partition coefficient (Wildman–Crippen LogP) is 2.41. The molecule has 1 unspecified atom stereocenters. The van der Waals surface area contributed by atoms with Crippen LogP contribution in [0.1, 0.15) is 18.5 Å². The first kappa shape index (κ1) is 17.2. The monoisotopic (exact) mass is 364 g/mol. The Bertz CT molecular complexity index is 913. The number of ether oxygens (including phenoxy) is 2. The molecular weight excluding hydrogens is 348 g/mol. The van der Waals surface area contributed by atoms with Crippen LogP contribution in [-0.4, -0.2) is 26.6 Å². The third-order valence-electron chi connectivity index (χ3n) is 3.74. The van der Waals surface area contributed by atoms with Gasteiger partial charge in [0.05, 0.1) is 9.82 Å². The molecule has 0 fully saturated rings. The van der Waals surface area contributed by atoms with E-state index in [2.05, 4.69) is 4.72 Å². The molecule has 0 bridgehead atoms. The summed E-state index contributed by atoms with van der Waals surface area (Å²) in [6.07, 6.45) is 0. The fraction of sp³-hybridized carbons (Fsp3) is 0.250. The van der Waals surface area contributed by atoms with E-state index in [9.17, 15) is 18.5 Å². The van der Waals surface area contributed by atoms with Gasteiger partial charge in [0.25, 0.3) is 5.69 Å². The highest BCUT2D eigenvalue weighted by Gasteiger charge is 2.22. The van der Waals surface area contributed by atoms with E-state index in [-0.39, 0.29) is 10.6 Å². The fourth-order valence-corrected chi connectivity index (χ4v) is 3.73. The molecule has 2 aromatic carbocycles. The van der Waals surface area contributed by atoms with Gasteiger partial charge in [-0.25, -0.2) is 13.1 Å². The lowest BCUT2D eigenvalue weighted by atomic mass is 10.1. The maximum atomic E-state index is 12.5. The highest BCUT2D eigenvalue weighted by Crippen LogP contribution is 2.33. The van der Waals surface area contributed by atoms with E-state index in [1.807, 2.05) is 0 Å². The summed E-state index contributed by atoms with van der Waals surface area (Å²) < 4.78 is 38.4. The molecule has 0 amide bonds. The van der Waals surface area contributed by atoms with Gasteiger partial charge < -0.3 is 9.47 Å². The van der Waals surface area contributed by atoms with Crippen molar-refractivity contribution in [3.8, 4) is 11.5 Å². The zero-order valence-corrected chi connectivity index (χ0v) is 14.2. The largest absolute Gasteiger partial charge is 0.486 e. The lowest BCUT2D eigenvalue weighted by molar-refractivity contribution is -0.385. The molecule has 1 N–H and O–H groups in total. The summed E-state index contributed by atoms with van der Waals surface area (Å²) in [5.74, 6) is 1.17. The van der Waals surface area contributed by atoms with Gasteiger partial charge in [0.2, 0.25) is 10.0 Å². The number of hydrogen-bond acceptors (Lipinski definition) is 6. The lowest BCUT2D eigenvalue weighted by Crippen LogP contribution is -2.27. The van der Waals surface area contributed by atoms with Crippen molar-refractivity contribution in [3.63, 3.8) is 0 Å². The van der Waals surface area contributed by atoms with E-state index < -0.39 is 21.0 Å². The summed E-state index contributed by atoms with van der Waals surface area (Å²) in [5, 5.41) is 10.8. The second-order valence-corrected chi connectivity index (χ2v) is 7.21. The Hall–Kier alpha value is -2.65. The van der Waals surface area contributed by atoms with Gasteiger partial charge >= 0.3 is 0 Å². The van der Waals surface area contributed by atoms with Gasteiger partial charge in [-0.1, -0.05) is 12.1 Å². The van der Waals surface area contributed by atoms with Crippen molar-refractivity contribution in [2.24, 2.45) is 0 Å². The SMILES string of the molecule is CC(NS(=O)(=O)c1cccc([N+](=O)[O-])c1)c1ccc2c(c1)OCCO2. The molecule has 0 aliphatic carbocycles. The van der Waals surface area contributed by atoms with Crippen LogP contribution in [0.25, 0.3) is 0 Å². The molecule has 0 saturated carbocycles. The minimum absolute atomic E-state index is 0.161. The maximum Gasteiger partial charge on any atom is 0.270 e. The molecule has 1 aliphatic rings. The summed E-state index contributed by atoms with van der Waals surface area (Å²) in [6, 6.07) is 9.54. The highest BCUT2D eigenvalue weighted by molar-refractivity contribution is 7.89. The Morgan fingerprint density at radius 1 is 1.12 bits per heavy atom. The van der Waals surface area contributed by atoms with Gasteiger partial charge in [-0.2, -0.15) is 0 Å². The van der Waals surface area contributed by atoms with Gasteiger partial charge in [0.15, 0.2) is 11.5 Å². The average molecular weight is 364 g/mol. The van der Waals surface area contributed by atoms with E-state index in [1.54, 1.807) is 25.1 Å². The van der Waals surface area contributed by atoms with Crippen molar-refractivity contribution in [3.05, 3.63) is 58.1 Å². The van der Waals surface area contributed by atoms with E-state index in [1.165, 1.54) is 18.2 Å². The molecule has 1 aliphatic heterocycles. The number of nitrogens with zero attached hydrogens (tertiary/aromatic N) is 1. The fourth-order valence-electron chi connectivity index (χ4n) is 2.46. The molecule has 0 spiro atoms. The van der Waals surface area contributed by atoms with Gasteiger partial charge in [-0.05, 0) is 30.7 Å². The molecule has 3 rings (SSSR count). The van der Waals surface area contributed by atoms with E-state index in [0.717, 1.165) is 6.07 Å². The van der Waals surface area contributed by atoms with Crippen molar-refractivity contribution < 1.29 is 22.8 Å². The zero-order chi connectivity index (χ0) is 18.0. The summed E-state index contributed by atoms with van der Waals surface area (Å²) in [5.41, 5.74) is 0.410. The van der Waals surface area contributed by atoms with Gasteiger partial charge in [0, 0.05) is 18.2 Å². The number of benzene rings is 2. The van der Waals surface area contributed by atoms with Crippen molar-refractivity contribution in [2.45, 2.75) is 17.9 Å². The summed E-state index contributed by atoms with van der Waals surface area (Å²) in [4.78, 5) is 10.0. The minimum Gasteiger partial charge on any atom is -0.486 e. The van der Waals surface area contributed by atoms with E-state index in [0.29, 0.717) is 30.3 Å². The van der Waals surface area contributed by atoms with Crippen LogP contribution in [0.2, 0.25) is 0 Å². The van der Waals surface area contributed by atoms with Crippen molar-refractivity contribution >= 4 is 15.7 Å². The number of nitro groups is 1. The number of sulfonamides is 1. The van der Waals surface area contributed by atoms with Gasteiger partial charge in [-0.3, -0.25) is 10.1 Å². The second kappa shape index (κ2) is 6.69. The normalized spacial score (nSPS) is 14.8. The van der Waals surface area contributed by atoms with Crippen LogP contribution in [0.15, 0.2) is 47.4 Å². The number of non-ortho nitro benzene ring substituents is 1. The Labute approximate surface area is 144 Å². The molecule has 25 heavy (non-hydrogen) atoms. The van der Waals surface area contributed by atoms with Crippen LogP contribution in [0, 0.1) is 10.1 Å². The second-order valence-electron chi connectivity index (χ2n) is 5.50. The molecule has 1 heterocycles. The number of nitro benzene ring substituents is 1. The third kappa shape index (κ3) is 3.72. The molecular formula is C16H16N2O6S. The molecule has 0 saturated heterocycles. The Morgan fingerprint density at radius 2 is 1.84 bits per heavy atom. The number of hydrogen-bond donors (Lipinski definition) is 1.